The highest BCUT2D eigenvalue weighted by Crippen LogP contribution is 2.23. The van der Waals surface area contributed by atoms with Crippen molar-refractivity contribution in [3.63, 3.8) is 0 Å². The number of ether oxygens (including phenoxy) is 1. The van der Waals surface area contributed by atoms with Crippen LogP contribution < -0.4 is 10.1 Å². The molecule has 0 aliphatic heterocycles. The fourth-order valence-electron chi connectivity index (χ4n) is 0.951. The molecule has 2 nitrogen and oxygen atoms in total. The lowest BCUT2D eigenvalue weighted by Crippen LogP contribution is -2.12. The van der Waals surface area contributed by atoms with Crippen LogP contribution in [0.4, 0.5) is 0 Å². The van der Waals surface area contributed by atoms with E-state index in [9.17, 15) is 0 Å². The van der Waals surface area contributed by atoms with E-state index >= 15 is 0 Å². The first-order valence-corrected chi connectivity index (χ1v) is 5.02. The first kappa shape index (κ1) is 9.55. The third-order valence-corrected chi connectivity index (χ3v) is 2.61. The molecule has 68 valence electrons. The van der Waals surface area contributed by atoms with Crippen LogP contribution in [0.2, 0.25) is 0 Å². The van der Waals surface area contributed by atoms with Gasteiger partial charge in [0.15, 0.2) is 5.06 Å². The van der Waals surface area contributed by atoms with Gasteiger partial charge in [0.05, 0.1) is 7.11 Å². The summed E-state index contributed by atoms with van der Waals surface area (Å²) in [6.45, 7) is 4.21. The summed E-state index contributed by atoms with van der Waals surface area (Å²) in [5, 5.41) is 4.33. The van der Waals surface area contributed by atoms with Gasteiger partial charge in [-0.2, -0.15) is 0 Å². The Kier molecular flexibility index (Phi) is 4.11. The van der Waals surface area contributed by atoms with Crippen molar-refractivity contribution in [3.05, 3.63) is 17.0 Å². The molecule has 0 fully saturated rings. The Bertz CT molecular complexity index is 222. The number of nitrogens with one attached hydrogen (secondary N) is 1. The summed E-state index contributed by atoms with van der Waals surface area (Å²) in [5.74, 6) is 0. The third kappa shape index (κ3) is 2.83. The molecule has 0 amide bonds. The van der Waals surface area contributed by atoms with Crippen LogP contribution in [0, 0.1) is 0 Å². The summed E-state index contributed by atoms with van der Waals surface area (Å²) in [5.41, 5.74) is 0. The molecule has 3 heteroatoms. The Balaban J connectivity index is 2.31. The predicted molar refractivity (Wildman–Crippen MR) is 52.9 cm³/mol. The second-order valence-electron chi connectivity index (χ2n) is 2.60. The molecule has 1 heterocycles. The van der Waals surface area contributed by atoms with Crippen LogP contribution in [0.5, 0.6) is 5.06 Å². The standard InChI is InChI=1S/C9H15NOS/c1-3-6-10-7-8-4-5-9(11-2)12-8/h4-5,10H,3,6-7H2,1-2H3. The van der Waals surface area contributed by atoms with E-state index < -0.39 is 0 Å². The first-order valence-electron chi connectivity index (χ1n) is 4.20. The molecule has 0 atom stereocenters. The molecule has 1 rings (SSSR count). The van der Waals surface area contributed by atoms with Crippen LogP contribution in [0.3, 0.4) is 0 Å². The maximum Gasteiger partial charge on any atom is 0.173 e. The molecule has 1 aromatic heterocycles. The van der Waals surface area contributed by atoms with Crippen molar-refractivity contribution >= 4 is 11.3 Å². The van der Waals surface area contributed by atoms with E-state index in [2.05, 4.69) is 18.3 Å². The first-order chi connectivity index (χ1) is 5.86. The maximum atomic E-state index is 5.09. The minimum absolute atomic E-state index is 0.960. The van der Waals surface area contributed by atoms with Crippen molar-refractivity contribution in [2.24, 2.45) is 0 Å². The number of hydrogen-bond acceptors (Lipinski definition) is 3. The van der Waals surface area contributed by atoms with Crippen molar-refractivity contribution in [2.75, 3.05) is 13.7 Å². The van der Waals surface area contributed by atoms with Crippen LogP contribution in [0.25, 0.3) is 0 Å². The maximum absolute atomic E-state index is 5.09. The molecule has 0 saturated heterocycles. The molecule has 0 aromatic carbocycles. The monoisotopic (exact) mass is 185 g/mol. The highest BCUT2D eigenvalue weighted by Gasteiger charge is 1.97. The largest absolute Gasteiger partial charge is 0.487 e. The van der Waals surface area contributed by atoms with E-state index in [1.807, 2.05) is 6.07 Å². The van der Waals surface area contributed by atoms with Crippen molar-refractivity contribution in [1.82, 2.24) is 5.32 Å². The Labute approximate surface area is 77.6 Å². The Morgan fingerprint density at radius 1 is 1.50 bits per heavy atom. The van der Waals surface area contributed by atoms with E-state index in [-0.39, 0.29) is 0 Å². The van der Waals surface area contributed by atoms with Crippen LogP contribution in [-0.2, 0) is 6.54 Å². The quantitative estimate of drug-likeness (QED) is 0.710. The second-order valence-corrected chi connectivity index (χ2v) is 3.73. The van der Waals surface area contributed by atoms with Crippen molar-refractivity contribution < 1.29 is 4.74 Å². The van der Waals surface area contributed by atoms with E-state index in [1.165, 1.54) is 11.3 Å². The zero-order valence-electron chi connectivity index (χ0n) is 7.59. The normalized spacial score (nSPS) is 10.2. The molecule has 0 aliphatic carbocycles. The van der Waals surface area contributed by atoms with Crippen molar-refractivity contribution in [2.45, 2.75) is 19.9 Å². The minimum atomic E-state index is 0.960. The number of rotatable bonds is 5. The summed E-state index contributed by atoms with van der Waals surface area (Å²) < 4.78 is 5.09. The van der Waals surface area contributed by atoms with Crippen molar-refractivity contribution in [3.8, 4) is 5.06 Å². The average Bonchev–Trinajstić information content (AvgIpc) is 2.53. The third-order valence-electron chi connectivity index (χ3n) is 1.56. The molecule has 1 N–H and O–H groups in total. The molecule has 0 aliphatic rings. The van der Waals surface area contributed by atoms with E-state index in [0.717, 1.165) is 18.2 Å². The zero-order chi connectivity index (χ0) is 8.81. The fraction of sp³-hybridized carbons (Fsp3) is 0.556. The molecule has 0 radical (unpaired) electrons. The summed E-state index contributed by atoms with van der Waals surface area (Å²) in [4.78, 5) is 1.33. The molecule has 0 saturated carbocycles. The fourth-order valence-corrected chi connectivity index (χ4v) is 1.74. The number of thiophene rings is 1. The van der Waals surface area contributed by atoms with Gasteiger partial charge in [-0.15, -0.1) is 11.3 Å². The van der Waals surface area contributed by atoms with Crippen LogP contribution >= 0.6 is 11.3 Å². The summed E-state index contributed by atoms with van der Waals surface area (Å²) in [6, 6.07) is 4.11. The van der Waals surface area contributed by atoms with E-state index in [0.29, 0.717) is 0 Å². The van der Waals surface area contributed by atoms with Gasteiger partial charge in [0.2, 0.25) is 0 Å². The second kappa shape index (κ2) is 5.17. The van der Waals surface area contributed by atoms with Gasteiger partial charge in [0.1, 0.15) is 0 Å². The SMILES string of the molecule is CCCNCc1ccc(OC)s1. The Morgan fingerprint density at radius 3 is 2.92 bits per heavy atom. The zero-order valence-corrected chi connectivity index (χ0v) is 8.41. The van der Waals surface area contributed by atoms with Gasteiger partial charge in [-0.25, -0.2) is 0 Å². The van der Waals surface area contributed by atoms with Gasteiger partial charge in [-0.3, -0.25) is 0 Å². The van der Waals surface area contributed by atoms with Gasteiger partial charge in [0, 0.05) is 11.4 Å². The molecule has 0 bridgehead atoms. The van der Waals surface area contributed by atoms with Crippen LogP contribution in [0.1, 0.15) is 18.2 Å². The van der Waals surface area contributed by atoms with Crippen molar-refractivity contribution in [1.29, 1.82) is 0 Å². The highest BCUT2D eigenvalue weighted by atomic mass is 32.1. The Morgan fingerprint density at radius 2 is 2.33 bits per heavy atom. The number of methoxy groups -OCH3 is 1. The van der Waals surface area contributed by atoms with E-state index in [4.69, 9.17) is 4.74 Å². The summed E-state index contributed by atoms with van der Waals surface area (Å²) >= 11 is 1.70. The molecule has 1 aromatic rings. The lowest BCUT2D eigenvalue weighted by Gasteiger charge is -1.98. The Hall–Kier alpha value is -0.540. The average molecular weight is 185 g/mol. The lowest BCUT2D eigenvalue weighted by atomic mass is 10.4. The van der Waals surface area contributed by atoms with E-state index in [1.54, 1.807) is 18.4 Å². The summed E-state index contributed by atoms with van der Waals surface area (Å²) in [7, 11) is 1.70. The molecule has 0 spiro atoms. The molecular weight excluding hydrogens is 170 g/mol. The van der Waals surface area contributed by atoms with Gasteiger partial charge in [0.25, 0.3) is 0 Å². The van der Waals surface area contributed by atoms with Crippen LogP contribution in [0.15, 0.2) is 12.1 Å². The van der Waals surface area contributed by atoms with Gasteiger partial charge < -0.3 is 10.1 Å². The smallest absolute Gasteiger partial charge is 0.173 e. The van der Waals surface area contributed by atoms with Crippen LogP contribution in [-0.4, -0.2) is 13.7 Å². The highest BCUT2D eigenvalue weighted by molar-refractivity contribution is 7.13. The summed E-state index contributed by atoms with van der Waals surface area (Å²) in [6.07, 6.45) is 1.18. The van der Waals surface area contributed by atoms with Gasteiger partial charge in [-0.1, -0.05) is 6.92 Å². The molecule has 12 heavy (non-hydrogen) atoms. The van der Waals surface area contributed by atoms with Gasteiger partial charge in [-0.05, 0) is 25.1 Å². The number of hydrogen-bond donors (Lipinski definition) is 1. The molecule has 0 unspecified atom stereocenters. The molecular formula is C9H15NOS. The topological polar surface area (TPSA) is 21.3 Å². The lowest BCUT2D eigenvalue weighted by molar-refractivity contribution is 0.427. The minimum Gasteiger partial charge on any atom is -0.487 e. The predicted octanol–water partition coefficient (Wildman–Crippen LogP) is 2.26. The van der Waals surface area contributed by atoms with Gasteiger partial charge >= 0.3 is 0 Å².